The number of rotatable bonds is 18. The van der Waals surface area contributed by atoms with Crippen molar-refractivity contribution in [1.82, 2.24) is 5.32 Å². The fraction of sp³-hybridized carbons (Fsp3) is 0.900. The van der Waals surface area contributed by atoms with Crippen LogP contribution in [0.15, 0.2) is 0 Å². The first-order valence-corrected chi connectivity index (χ1v) is 12.3. The number of carboxylic acids is 1. The molecular formula is C20H42N2O7P+. The van der Waals surface area contributed by atoms with E-state index in [9.17, 15) is 19.0 Å². The summed E-state index contributed by atoms with van der Waals surface area (Å²) in [6, 6.07) is 0. The Balaban J connectivity index is 4.08. The van der Waals surface area contributed by atoms with Crippen LogP contribution in [0.25, 0.3) is 0 Å². The first-order chi connectivity index (χ1) is 13.9. The first-order valence-electron chi connectivity index (χ1n) is 10.8. The largest absolute Gasteiger partial charge is 0.481 e. The number of nitrogens with zero attached hydrogens (tertiary/aromatic N) is 1. The molecule has 30 heavy (non-hydrogen) atoms. The van der Waals surface area contributed by atoms with E-state index in [2.05, 4.69) is 12.2 Å². The molecule has 0 heterocycles. The summed E-state index contributed by atoms with van der Waals surface area (Å²) in [7, 11) is 1.19. The third kappa shape index (κ3) is 16.8. The van der Waals surface area contributed by atoms with Crippen LogP contribution in [0.3, 0.4) is 0 Å². The number of carboxylic acid groups (broad SMARTS) is 1. The van der Waals surface area contributed by atoms with Crippen LogP contribution in [0, 0.1) is 5.92 Å². The van der Waals surface area contributed by atoms with Crippen LogP contribution in [0.1, 0.15) is 65.2 Å². The summed E-state index contributed by atoms with van der Waals surface area (Å²) in [6.45, 7) is 4.92. The van der Waals surface area contributed by atoms with Gasteiger partial charge >= 0.3 is 13.8 Å². The number of phosphoric ester groups is 1. The third-order valence-electron chi connectivity index (χ3n) is 4.50. The number of carbonyl (C=O) groups excluding carboxylic acids is 1. The summed E-state index contributed by atoms with van der Waals surface area (Å²) < 4.78 is 22.6. The number of hydrogen-bond acceptors (Lipinski definition) is 5. The van der Waals surface area contributed by atoms with E-state index in [0.29, 0.717) is 17.4 Å². The van der Waals surface area contributed by atoms with Crippen molar-refractivity contribution >= 4 is 19.7 Å². The lowest BCUT2D eigenvalue weighted by Gasteiger charge is -2.29. The van der Waals surface area contributed by atoms with E-state index in [0.717, 1.165) is 38.5 Å². The van der Waals surface area contributed by atoms with Crippen molar-refractivity contribution in [2.24, 2.45) is 5.92 Å². The van der Waals surface area contributed by atoms with E-state index in [-0.39, 0.29) is 31.4 Å². The molecule has 0 aromatic rings. The second-order valence-electron chi connectivity index (χ2n) is 8.85. The predicted octanol–water partition coefficient (Wildman–Crippen LogP) is 3.17. The minimum absolute atomic E-state index is 0.0165. The summed E-state index contributed by atoms with van der Waals surface area (Å²) >= 11 is 0. The van der Waals surface area contributed by atoms with Gasteiger partial charge in [0.2, 0.25) is 5.91 Å². The van der Waals surface area contributed by atoms with Gasteiger partial charge in [0.1, 0.15) is 12.6 Å². The Morgan fingerprint density at radius 3 is 2.33 bits per heavy atom. The Bertz CT molecular complexity index is 552. The Hall–Kier alpha value is -0.990. The zero-order chi connectivity index (χ0) is 23.2. The monoisotopic (exact) mass is 453 g/mol. The van der Waals surface area contributed by atoms with Crippen LogP contribution in [-0.4, -0.2) is 73.3 Å². The number of amides is 1. The van der Waals surface area contributed by atoms with Gasteiger partial charge in [0, 0.05) is 12.5 Å². The highest BCUT2D eigenvalue weighted by Crippen LogP contribution is 2.45. The molecule has 3 atom stereocenters. The minimum atomic E-state index is -4.33. The lowest BCUT2D eigenvalue weighted by molar-refractivity contribution is -0.873. The van der Waals surface area contributed by atoms with E-state index in [4.69, 9.17) is 14.2 Å². The maximum absolute atomic E-state index is 12.1. The van der Waals surface area contributed by atoms with Gasteiger partial charge < -0.3 is 19.8 Å². The van der Waals surface area contributed by atoms with Crippen LogP contribution in [0.2, 0.25) is 0 Å². The number of quaternary nitrogens is 1. The van der Waals surface area contributed by atoms with Crippen molar-refractivity contribution < 1.29 is 37.7 Å². The van der Waals surface area contributed by atoms with Gasteiger partial charge in [-0.3, -0.25) is 18.6 Å². The highest BCUT2D eigenvalue weighted by molar-refractivity contribution is 7.47. The second-order valence-corrected chi connectivity index (χ2v) is 10.3. The van der Waals surface area contributed by atoms with Gasteiger partial charge in [-0.05, 0) is 25.7 Å². The quantitative estimate of drug-likeness (QED) is 0.165. The maximum Gasteiger partial charge on any atom is 0.472 e. The molecule has 0 aromatic carbocycles. The molecular weight excluding hydrogens is 411 g/mol. The van der Waals surface area contributed by atoms with Gasteiger partial charge in [0.15, 0.2) is 0 Å². The summed E-state index contributed by atoms with van der Waals surface area (Å²) in [5.74, 6) is -1.02. The smallest absolute Gasteiger partial charge is 0.472 e. The Labute approximate surface area is 181 Å². The number of phosphoric acid groups is 1. The van der Waals surface area contributed by atoms with Gasteiger partial charge in [-0.25, -0.2) is 4.57 Å². The molecule has 0 spiro atoms. The molecule has 0 saturated heterocycles. The molecule has 0 saturated carbocycles. The number of unbranched alkanes of at least 4 members (excludes halogenated alkanes) is 4. The highest BCUT2D eigenvalue weighted by atomic mass is 31.2. The Kier molecular flexibility index (Phi) is 14.4. The van der Waals surface area contributed by atoms with Crippen molar-refractivity contribution in [3.8, 4) is 0 Å². The van der Waals surface area contributed by atoms with Crippen LogP contribution < -0.4 is 5.32 Å². The molecule has 0 aliphatic carbocycles. The van der Waals surface area contributed by atoms with Crippen LogP contribution in [0.4, 0.5) is 0 Å². The molecule has 1 amide bonds. The van der Waals surface area contributed by atoms with Gasteiger partial charge in [-0.15, -0.1) is 0 Å². The van der Waals surface area contributed by atoms with Crippen molar-refractivity contribution in [1.29, 1.82) is 0 Å². The Morgan fingerprint density at radius 1 is 1.10 bits per heavy atom. The average Bonchev–Trinajstić information content (AvgIpc) is 2.58. The van der Waals surface area contributed by atoms with Crippen molar-refractivity contribution in [2.45, 2.75) is 71.3 Å². The van der Waals surface area contributed by atoms with Crippen molar-refractivity contribution in [2.75, 3.05) is 40.8 Å². The fourth-order valence-electron chi connectivity index (χ4n) is 2.96. The molecule has 3 N–H and O–H groups in total. The minimum Gasteiger partial charge on any atom is -0.481 e. The lowest BCUT2D eigenvalue weighted by Crippen LogP contribution is -2.42. The molecule has 0 fully saturated rings. The summed E-state index contributed by atoms with van der Waals surface area (Å²) in [5.41, 5.74) is 0. The van der Waals surface area contributed by atoms with Gasteiger partial charge in [-0.2, -0.15) is 0 Å². The average molecular weight is 454 g/mol. The van der Waals surface area contributed by atoms with E-state index < -0.39 is 19.9 Å². The summed E-state index contributed by atoms with van der Waals surface area (Å²) in [5, 5.41) is 11.9. The van der Waals surface area contributed by atoms with Crippen LogP contribution in [0.5, 0.6) is 0 Å². The highest BCUT2D eigenvalue weighted by Gasteiger charge is 2.31. The van der Waals surface area contributed by atoms with E-state index in [1.54, 1.807) is 0 Å². The van der Waals surface area contributed by atoms with Crippen LogP contribution in [-0.2, 0) is 23.2 Å². The lowest BCUT2D eigenvalue weighted by atomic mass is 10.0. The van der Waals surface area contributed by atoms with Gasteiger partial charge in [0.25, 0.3) is 0 Å². The molecule has 0 rings (SSSR count). The maximum atomic E-state index is 12.1. The number of hydrogen-bond donors (Lipinski definition) is 3. The van der Waals surface area contributed by atoms with E-state index >= 15 is 0 Å². The molecule has 0 bridgehead atoms. The molecule has 0 aromatic heterocycles. The summed E-state index contributed by atoms with van der Waals surface area (Å²) in [6.07, 6.45) is 4.95. The standard InChI is InChI=1S/C20H41N2O7P/c1-6-7-9-12-17(2)20(25)21-13-10-8-11-14-28-30(26,27)29-18(15-19(23)24)16-22(3,4)5/h17-18H,6-16H2,1-5H3,(H2-,21,23,24,25,26,27)/p+1/t17?,18-/m1/s1. The molecule has 0 aliphatic heterocycles. The molecule has 10 heteroatoms. The topological polar surface area (TPSA) is 122 Å². The van der Waals surface area contributed by atoms with Crippen LogP contribution >= 0.6 is 7.82 Å². The van der Waals surface area contributed by atoms with Crippen molar-refractivity contribution in [3.63, 3.8) is 0 Å². The number of nitrogens with one attached hydrogen (secondary N) is 1. The fourth-order valence-corrected chi connectivity index (χ4v) is 3.90. The first kappa shape index (κ1) is 29.0. The molecule has 9 nitrogen and oxygen atoms in total. The number of likely N-dealkylation sites (N-methyl/N-ethyl adjacent to an activating group) is 1. The molecule has 178 valence electrons. The van der Waals surface area contributed by atoms with E-state index in [1.165, 1.54) is 0 Å². The normalized spacial score (nSPS) is 15.9. The number of aliphatic carboxylic acids is 1. The van der Waals surface area contributed by atoms with Crippen molar-refractivity contribution in [3.05, 3.63) is 0 Å². The second kappa shape index (κ2) is 14.9. The zero-order valence-corrected chi connectivity index (χ0v) is 20.2. The molecule has 0 aliphatic rings. The Morgan fingerprint density at radius 2 is 1.77 bits per heavy atom. The SMILES string of the molecule is CCCCCC(C)C(=O)NCCCCCOP(=O)(O)O[C@H](CC(=O)O)C[N+](C)(C)C. The molecule has 2 unspecified atom stereocenters. The zero-order valence-electron chi connectivity index (χ0n) is 19.3. The van der Waals surface area contributed by atoms with Gasteiger partial charge in [0.05, 0.1) is 34.2 Å². The third-order valence-corrected chi connectivity index (χ3v) is 5.57. The van der Waals surface area contributed by atoms with E-state index in [1.807, 2.05) is 28.1 Å². The number of carbonyl (C=O) groups is 2. The van der Waals surface area contributed by atoms with Gasteiger partial charge in [-0.1, -0.05) is 33.1 Å². The molecule has 0 radical (unpaired) electrons. The predicted molar refractivity (Wildman–Crippen MR) is 116 cm³/mol. The summed E-state index contributed by atoms with van der Waals surface area (Å²) in [4.78, 5) is 32.8.